The molecule has 0 spiro atoms. The maximum atomic E-state index is 10.9. The van der Waals surface area contributed by atoms with Crippen molar-refractivity contribution in [1.29, 1.82) is 0 Å². The van der Waals surface area contributed by atoms with Crippen molar-refractivity contribution in [2.75, 3.05) is 65.5 Å². The third-order valence-electron chi connectivity index (χ3n) is 3.55. The molecule has 1 saturated heterocycles. The topological polar surface area (TPSA) is 105 Å². The summed E-state index contributed by atoms with van der Waals surface area (Å²) in [6.45, 7) is 4.62. The number of aliphatic hydroxyl groups excluding tert-OH is 1. The fraction of sp³-hybridized carbons (Fsp3) is 0.846. The zero-order valence-corrected chi connectivity index (χ0v) is 12.3. The number of aliphatic carboxylic acids is 2. The van der Waals surface area contributed by atoms with E-state index in [1.165, 1.54) is 0 Å². The molecular formula is C13H25N3O5. The second kappa shape index (κ2) is 9.67. The van der Waals surface area contributed by atoms with Gasteiger partial charge in [0.05, 0.1) is 13.1 Å². The van der Waals surface area contributed by atoms with E-state index in [9.17, 15) is 9.59 Å². The number of hydrogen-bond donors (Lipinski definition) is 3. The van der Waals surface area contributed by atoms with Gasteiger partial charge in [0.25, 0.3) is 0 Å². The fourth-order valence-electron chi connectivity index (χ4n) is 2.40. The molecule has 0 unspecified atom stereocenters. The number of hydrogen-bond acceptors (Lipinski definition) is 6. The second-order valence-electron chi connectivity index (χ2n) is 5.26. The molecule has 21 heavy (non-hydrogen) atoms. The Hall–Kier alpha value is -1.22. The van der Waals surface area contributed by atoms with Gasteiger partial charge in [-0.3, -0.25) is 19.4 Å². The van der Waals surface area contributed by atoms with Crippen molar-refractivity contribution in [2.24, 2.45) is 0 Å². The predicted molar refractivity (Wildman–Crippen MR) is 76.3 cm³/mol. The second-order valence-corrected chi connectivity index (χ2v) is 5.26. The van der Waals surface area contributed by atoms with E-state index in [4.69, 9.17) is 15.3 Å². The maximum absolute atomic E-state index is 10.9. The lowest BCUT2D eigenvalue weighted by atomic mass is 10.3. The summed E-state index contributed by atoms with van der Waals surface area (Å²) >= 11 is 0. The molecule has 0 amide bonds. The molecule has 0 aliphatic carbocycles. The fourth-order valence-corrected chi connectivity index (χ4v) is 2.40. The van der Waals surface area contributed by atoms with Gasteiger partial charge in [-0.15, -0.1) is 0 Å². The van der Waals surface area contributed by atoms with Gasteiger partial charge in [-0.2, -0.15) is 0 Å². The average Bonchev–Trinajstić information content (AvgIpc) is 2.48. The average molecular weight is 303 g/mol. The largest absolute Gasteiger partial charge is 0.480 e. The third kappa shape index (κ3) is 7.96. The van der Waals surface area contributed by atoms with Crippen molar-refractivity contribution < 1.29 is 24.9 Å². The van der Waals surface area contributed by atoms with Crippen molar-refractivity contribution in [3.8, 4) is 0 Å². The van der Waals surface area contributed by atoms with E-state index in [0.29, 0.717) is 32.6 Å². The van der Waals surface area contributed by atoms with Gasteiger partial charge in [0, 0.05) is 52.4 Å². The van der Waals surface area contributed by atoms with Crippen molar-refractivity contribution in [3.63, 3.8) is 0 Å². The Labute approximate surface area is 124 Å². The highest BCUT2D eigenvalue weighted by Crippen LogP contribution is 2.01. The first-order chi connectivity index (χ1) is 10.0. The number of nitrogens with zero attached hydrogens (tertiary/aromatic N) is 3. The summed E-state index contributed by atoms with van der Waals surface area (Å²) in [5.41, 5.74) is 0. The molecule has 3 N–H and O–H groups in total. The van der Waals surface area contributed by atoms with Crippen molar-refractivity contribution in [3.05, 3.63) is 0 Å². The Bertz CT molecular complexity index is 312. The van der Waals surface area contributed by atoms with Crippen LogP contribution in [-0.4, -0.2) is 107 Å². The van der Waals surface area contributed by atoms with Gasteiger partial charge in [-0.25, -0.2) is 0 Å². The van der Waals surface area contributed by atoms with E-state index in [1.54, 1.807) is 0 Å². The summed E-state index contributed by atoms with van der Waals surface area (Å²) in [5, 5.41) is 26.8. The number of rotatable bonds is 7. The SMILES string of the molecule is O=C(O)CN1CCN(CCCO)CCN(CC(=O)O)CC1. The molecule has 1 heterocycles. The lowest BCUT2D eigenvalue weighted by Gasteiger charge is -2.24. The number of carbonyl (C=O) groups is 2. The van der Waals surface area contributed by atoms with E-state index in [1.807, 2.05) is 9.80 Å². The Balaban J connectivity index is 2.62. The smallest absolute Gasteiger partial charge is 0.317 e. The highest BCUT2D eigenvalue weighted by atomic mass is 16.4. The molecule has 0 aromatic rings. The molecule has 8 nitrogen and oxygen atoms in total. The molecule has 0 atom stereocenters. The molecule has 0 aromatic carbocycles. The molecule has 1 rings (SSSR count). The first kappa shape index (κ1) is 17.8. The Kier molecular flexibility index (Phi) is 8.21. The summed E-state index contributed by atoms with van der Waals surface area (Å²) < 4.78 is 0. The minimum Gasteiger partial charge on any atom is -0.480 e. The molecule has 0 bridgehead atoms. The molecule has 0 saturated carbocycles. The molecule has 0 aromatic heterocycles. The van der Waals surface area contributed by atoms with Crippen LogP contribution in [0.15, 0.2) is 0 Å². The molecule has 1 aliphatic rings. The van der Waals surface area contributed by atoms with Crippen LogP contribution in [0.3, 0.4) is 0 Å². The van der Waals surface area contributed by atoms with Crippen molar-refractivity contribution in [1.82, 2.24) is 14.7 Å². The van der Waals surface area contributed by atoms with Gasteiger partial charge >= 0.3 is 11.9 Å². The van der Waals surface area contributed by atoms with Crippen LogP contribution in [0, 0.1) is 0 Å². The molecule has 1 aliphatic heterocycles. The summed E-state index contributed by atoms with van der Waals surface area (Å²) in [7, 11) is 0. The van der Waals surface area contributed by atoms with Crippen LogP contribution in [0.4, 0.5) is 0 Å². The van der Waals surface area contributed by atoms with Crippen LogP contribution in [-0.2, 0) is 9.59 Å². The Morgan fingerprint density at radius 1 is 0.762 bits per heavy atom. The van der Waals surface area contributed by atoms with Crippen LogP contribution < -0.4 is 0 Å². The van der Waals surface area contributed by atoms with Crippen LogP contribution >= 0.6 is 0 Å². The lowest BCUT2D eigenvalue weighted by molar-refractivity contribution is -0.140. The Morgan fingerprint density at radius 2 is 1.14 bits per heavy atom. The zero-order valence-electron chi connectivity index (χ0n) is 12.3. The molecule has 122 valence electrons. The molecule has 8 heteroatoms. The van der Waals surface area contributed by atoms with E-state index >= 15 is 0 Å². The van der Waals surface area contributed by atoms with Gasteiger partial charge in [-0.1, -0.05) is 0 Å². The van der Waals surface area contributed by atoms with E-state index in [2.05, 4.69) is 4.90 Å². The van der Waals surface area contributed by atoms with Gasteiger partial charge < -0.3 is 20.2 Å². The molecule has 0 radical (unpaired) electrons. The van der Waals surface area contributed by atoms with Crippen LogP contribution in [0.5, 0.6) is 0 Å². The number of carboxylic acid groups (broad SMARTS) is 2. The monoisotopic (exact) mass is 303 g/mol. The number of carboxylic acids is 2. The minimum absolute atomic E-state index is 0.0330. The van der Waals surface area contributed by atoms with E-state index < -0.39 is 11.9 Å². The predicted octanol–water partition coefficient (Wildman–Crippen LogP) is -1.54. The summed E-state index contributed by atoms with van der Waals surface area (Å²) in [5.74, 6) is -1.75. The van der Waals surface area contributed by atoms with E-state index in [-0.39, 0.29) is 19.7 Å². The van der Waals surface area contributed by atoms with Gasteiger partial charge in [-0.05, 0) is 6.42 Å². The van der Waals surface area contributed by atoms with Gasteiger partial charge in [0.15, 0.2) is 0 Å². The maximum Gasteiger partial charge on any atom is 0.317 e. The molecular weight excluding hydrogens is 278 g/mol. The van der Waals surface area contributed by atoms with Gasteiger partial charge in [0.1, 0.15) is 0 Å². The zero-order chi connectivity index (χ0) is 15.7. The molecule has 1 fully saturated rings. The van der Waals surface area contributed by atoms with E-state index in [0.717, 1.165) is 19.6 Å². The standard InChI is InChI=1S/C13H25N3O5/c17-9-1-2-14-3-5-15(10-12(18)19)7-8-16(6-4-14)11-13(20)21/h17H,1-11H2,(H,18,19)(H,20,21). The lowest BCUT2D eigenvalue weighted by Crippen LogP contribution is -2.40. The highest BCUT2D eigenvalue weighted by Gasteiger charge is 2.18. The van der Waals surface area contributed by atoms with Crippen LogP contribution in [0.25, 0.3) is 0 Å². The van der Waals surface area contributed by atoms with Crippen LogP contribution in [0.2, 0.25) is 0 Å². The highest BCUT2D eigenvalue weighted by molar-refractivity contribution is 5.69. The van der Waals surface area contributed by atoms with Crippen LogP contribution in [0.1, 0.15) is 6.42 Å². The summed E-state index contributed by atoms with van der Waals surface area (Å²) in [4.78, 5) is 27.5. The minimum atomic E-state index is -0.874. The third-order valence-corrected chi connectivity index (χ3v) is 3.55. The first-order valence-electron chi connectivity index (χ1n) is 7.22. The quantitative estimate of drug-likeness (QED) is 0.520. The summed E-state index contributed by atoms with van der Waals surface area (Å²) in [6.07, 6.45) is 0.665. The first-order valence-corrected chi connectivity index (χ1v) is 7.22. The van der Waals surface area contributed by atoms with Crippen molar-refractivity contribution >= 4 is 11.9 Å². The normalized spacial score (nSPS) is 19.7. The van der Waals surface area contributed by atoms with Gasteiger partial charge in [0.2, 0.25) is 0 Å². The van der Waals surface area contributed by atoms with Crippen molar-refractivity contribution in [2.45, 2.75) is 6.42 Å². The summed E-state index contributed by atoms with van der Waals surface area (Å²) in [6, 6.07) is 0. The Morgan fingerprint density at radius 3 is 1.48 bits per heavy atom. The number of aliphatic hydroxyl groups is 1.